The summed E-state index contributed by atoms with van der Waals surface area (Å²) < 4.78 is 7.28. The lowest BCUT2D eigenvalue weighted by Crippen LogP contribution is -2.17. The van der Waals surface area contributed by atoms with Crippen LogP contribution in [0.5, 0.6) is 11.6 Å². The average Bonchev–Trinajstić information content (AvgIpc) is 3.13. The van der Waals surface area contributed by atoms with E-state index >= 15 is 0 Å². The summed E-state index contributed by atoms with van der Waals surface area (Å²) in [6.07, 6.45) is 3.15. The first kappa shape index (κ1) is 12.8. The summed E-state index contributed by atoms with van der Waals surface area (Å²) in [6.45, 7) is 1.43. The van der Waals surface area contributed by atoms with Crippen molar-refractivity contribution in [1.82, 2.24) is 19.9 Å². The summed E-state index contributed by atoms with van der Waals surface area (Å²) in [6, 6.07) is 6.75. The second-order valence-electron chi connectivity index (χ2n) is 5.05. The molecular weight excluding hydrogens is 282 g/mol. The Bertz CT molecular complexity index is 887. The van der Waals surface area contributed by atoms with E-state index in [4.69, 9.17) is 10.5 Å². The van der Waals surface area contributed by atoms with Crippen LogP contribution in [0.1, 0.15) is 11.3 Å². The highest BCUT2D eigenvalue weighted by molar-refractivity contribution is 5.91. The van der Waals surface area contributed by atoms with Gasteiger partial charge in [0.2, 0.25) is 5.88 Å². The van der Waals surface area contributed by atoms with Gasteiger partial charge in [-0.15, -0.1) is 0 Å². The Morgan fingerprint density at radius 1 is 1.27 bits per heavy atom. The molecule has 1 aliphatic heterocycles. The summed E-state index contributed by atoms with van der Waals surface area (Å²) in [5, 5.41) is 4.10. The van der Waals surface area contributed by atoms with E-state index in [1.165, 1.54) is 10.9 Å². The smallest absolute Gasteiger partial charge is 0.323 e. The van der Waals surface area contributed by atoms with Crippen molar-refractivity contribution in [1.29, 1.82) is 0 Å². The Morgan fingerprint density at radius 2 is 2.18 bits per heavy atom. The number of amides is 1. The van der Waals surface area contributed by atoms with Crippen molar-refractivity contribution >= 4 is 16.9 Å². The molecule has 0 aliphatic carbocycles. The number of nitrogens with zero attached hydrogens (tertiary/aromatic N) is 3. The number of aromatic nitrogens is 3. The molecule has 2 aromatic heterocycles. The quantitative estimate of drug-likeness (QED) is 0.751. The molecule has 0 bridgehead atoms. The van der Waals surface area contributed by atoms with Gasteiger partial charge in [0, 0.05) is 24.7 Å². The van der Waals surface area contributed by atoms with Gasteiger partial charge in [0.25, 0.3) is 0 Å². The van der Waals surface area contributed by atoms with E-state index < -0.39 is 6.03 Å². The number of rotatable bonds is 2. The van der Waals surface area contributed by atoms with Gasteiger partial charge >= 0.3 is 6.03 Å². The predicted octanol–water partition coefficient (Wildman–Crippen LogP) is 1.75. The zero-order chi connectivity index (χ0) is 15.1. The number of hydrogen-bond donors (Lipinski definition) is 2. The highest BCUT2D eigenvalue weighted by atomic mass is 16.5. The molecule has 7 heteroatoms. The summed E-state index contributed by atoms with van der Waals surface area (Å²) in [5.74, 6) is 1.21. The topological polar surface area (TPSA) is 95.1 Å². The molecule has 3 N–H and O–H groups in total. The van der Waals surface area contributed by atoms with E-state index in [1.54, 1.807) is 18.3 Å². The molecule has 110 valence electrons. The van der Waals surface area contributed by atoms with Gasteiger partial charge in [-0.1, -0.05) is 0 Å². The summed E-state index contributed by atoms with van der Waals surface area (Å²) in [4.78, 5) is 19.7. The minimum Gasteiger partial charge on any atom is -0.439 e. The van der Waals surface area contributed by atoms with Gasteiger partial charge in [-0.25, -0.2) is 14.8 Å². The van der Waals surface area contributed by atoms with E-state index in [0.29, 0.717) is 18.2 Å². The molecule has 0 fully saturated rings. The molecule has 0 spiro atoms. The molecule has 4 rings (SSSR count). The fraction of sp³-hybridized carbons (Fsp3) is 0.133. The van der Waals surface area contributed by atoms with Crippen LogP contribution in [0.25, 0.3) is 10.9 Å². The van der Waals surface area contributed by atoms with Gasteiger partial charge in [0.1, 0.15) is 12.1 Å². The fourth-order valence-electron chi connectivity index (χ4n) is 2.64. The average molecular weight is 295 g/mol. The maximum Gasteiger partial charge on any atom is 0.323 e. The van der Waals surface area contributed by atoms with E-state index in [2.05, 4.69) is 15.3 Å². The van der Waals surface area contributed by atoms with Crippen LogP contribution in [-0.2, 0) is 13.1 Å². The van der Waals surface area contributed by atoms with E-state index in [-0.39, 0.29) is 0 Å². The molecule has 0 saturated carbocycles. The van der Waals surface area contributed by atoms with Gasteiger partial charge in [0.15, 0.2) is 0 Å². The Balaban J connectivity index is 1.71. The highest BCUT2D eigenvalue weighted by Gasteiger charge is 2.18. The monoisotopic (exact) mass is 295 g/mol. The van der Waals surface area contributed by atoms with Crippen molar-refractivity contribution in [2.75, 3.05) is 0 Å². The predicted molar refractivity (Wildman–Crippen MR) is 79.6 cm³/mol. The molecule has 0 saturated heterocycles. The number of fused-ring (bicyclic) bond motifs is 2. The number of ether oxygens (including phenoxy) is 1. The van der Waals surface area contributed by atoms with Gasteiger partial charge < -0.3 is 15.8 Å². The fourth-order valence-corrected chi connectivity index (χ4v) is 2.64. The van der Waals surface area contributed by atoms with Gasteiger partial charge in [-0.3, -0.25) is 4.57 Å². The van der Waals surface area contributed by atoms with E-state index in [1.807, 2.05) is 12.1 Å². The summed E-state index contributed by atoms with van der Waals surface area (Å²) >= 11 is 0. The van der Waals surface area contributed by atoms with Gasteiger partial charge in [-0.2, -0.15) is 0 Å². The maximum atomic E-state index is 11.3. The highest BCUT2D eigenvalue weighted by Crippen LogP contribution is 2.29. The molecular formula is C15H13N5O2. The van der Waals surface area contributed by atoms with Crippen LogP contribution in [-0.4, -0.2) is 20.6 Å². The number of primary amides is 1. The largest absolute Gasteiger partial charge is 0.439 e. The number of hydrogen-bond acceptors (Lipinski definition) is 5. The van der Waals surface area contributed by atoms with Gasteiger partial charge in [-0.05, 0) is 24.3 Å². The molecule has 3 heterocycles. The zero-order valence-electron chi connectivity index (χ0n) is 11.6. The Labute approximate surface area is 125 Å². The number of benzene rings is 1. The van der Waals surface area contributed by atoms with E-state index in [9.17, 15) is 4.79 Å². The first-order valence-corrected chi connectivity index (χ1v) is 6.84. The minimum absolute atomic E-state index is 0.511. The van der Waals surface area contributed by atoms with Crippen LogP contribution < -0.4 is 15.8 Å². The summed E-state index contributed by atoms with van der Waals surface area (Å²) in [7, 11) is 0. The Morgan fingerprint density at radius 3 is 3.05 bits per heavy atom. The van der Waals surface area contributed by atoms with Crippen molar-refractivity contribution in [2.45, 2.75) is 13.1 Å². The van der Waals surface area contributed by atoms with Crippen molar-refractivity contribution in [2.24, 2.45) is 5.73 Å². The molecule has 22 heavy (non-hydrogen) atoms. The third-order valence-corrected chi connectivity index (χ3v) is 3.70. The second-order valence-corrected chi connectivity index (χ2v) is 5.05. The van der Waals surface area contributed by atoms with Crippen molar-refractivity contribution in [3.8, 4) is 11.6 Å². The van der Waals surface area contributed by atoms with Crippen LogP contribution in [0.3, 0.4) is 0 Å². The number of carbonyl (C=O) groups is 1. The zero-order valence-corrected chi connectivity index (χ0v) is 11.6. The van der Waals surface area contributed by atoms with Crippen LogP contribution in [0, 0.1) is 0 Å². The molecule has 1 aromatic carbocycles. The van der Waals surface area contributed by atoms with Crippen molar-refractivity contribution in [3.05, 3.63) is 48.0 Å². The van der Waals surface area contributed by atoms with Crippen LogP contribution in [0.15, 0.2) is 36.8 Å². The normalized spacial score (nSPS) is 13.3. The Kier molecular flexibility index (Phi) is 2.80. The molecule has 0 radical (unpaired) electrons. The van der Waals surface area contributed by atoms with E-state index in [0.717, 1.165) is 28.7 Å². The molecule has 3 aromatic rings. The lowest BCUT2D eigenvalue weighted by molar-refractivity contribution is 0.251. The van der Waals surface area contributed by atoms with Crippen molar-refractivity contribution < 1.29 is 9.53 Å². The van der Waals surface area contributed by atoms with Gasteiger partial charge in [0.05, 0.1) is 16.8 Å². The third kappa shape index (κ3) is 1.99. The molecule has 1 amide bonds. The molecule has 1 aliphatic rings. The molecule has 0 unspecified atom stereocenters. The molecule has 7 nitrogen and oxygen atoms in total. The lowest BCUT2D eigenvalue weighted by Gasteiger charge is -2.08. The molecule has 0 atom stereocenters. The van der Waals surface area contributed by atoms with Crippen LogP contribution in [0.2, 0.25) is 0 Å². The van der Waals surface area contributed by atoms with Crippen LogP contribution in [0.4, 0.5) is 4.79 Å². The standard InChI is InChI=1S/C15H13N5O2/c16-15(21)20-4-3-9-5-10(1-2-13(9)20)22-14-11-6-17-7-12(11)18-8-19-14/h1-5,8,17H,6-7H2,(H2,16,21). The minimum atomic E-state index is -0.511. The summed E-state index contributed by atoms with van der Waals surface area (Å²) in [5.41, 5.74) is 8.01. The lowest BCUT2D eigenvalue weighted by atomic mass is 10.2. The SMILES string of the molecule is NC(=O)n1ccc2cc(Oc3ncnc4c3CNC4)ccc21. The third-order valence-electron chi connectivity index (χ3n) is 3.70. The number of nitrogens with one attached hydrogen (secondary N) is 1. The first-order chi connectivity index (χ1) is 10.7. The number of nitrogens with two attached hydrogens (primary N) is 1. The number of carbonyl (C=O) groups excluding carboxylic acids is 1. The Hall–Kier alpha value is -2.93. The first-order valence-electron chi connectivity index (χ1n) is 6.84. The second kappa shape index (κ2) is 4.81. The maximum absolute atomic E-state index is 11.3. The van der Waals surface area contributed by atoms with Crippen molar-refractivity contribution in [3.63, 3.8) is 0 Å². The van der Waals surface area contributed by atoms with Crippen LogP contribution >= 0.6 is 0 Å².